The van der Waals surface area contributed by atoms with E-state index in [4.69, 9.17) is 4.74 Å². The Morgan fingerprint density at radius 1 is 1.41 bits per heavy atom. The van der Waals surface area contributed by atoms with Crippen molar-refractivity contribution in [3.63, 3.8) is 0 Å². The van der Waals surface area contributed by atoms with Crippen LogP contribution < -0.4 is 5.32 Å². The molecule has 0 bridgehead atoms. The number of pyridine rings is 1. The second-order valence-corrected chi connectivity index (χ2v) is 5.86. The number of hydrogen-bond acceptors (Lipinski definition) is 4. The van der Waals surface area contributed by atoms with Crippen molar-refractivity contribution < 1.29 is 13.9 Å². The normalized spacial score (nSPS) is 11.1. The van der Waals surface area contributed by atoms with Crippen LogP contribution >= 0.6 is 0 Å². The van der Waals surface area contributed by atoms with E-state index in [1.54, 1.807) is 27.7 Å². The molecule has 1 aromatic heterocycles. The van der Waals surface area contributed by atoms with Gasteiger partial charge < -0.3 is 4.74 Å². The van der Waals surface area contributed by atoms with Gasteiger partial charge in [0.1, 0.15) is 17.5 Å². The summed E-state index contributed by atoms with van der Waals surface area (Å²) in [5, 5.41) is 12.3. The molecule has 0 aliphatic carbocycles. The SMILES string of the molecule is Cc1c(C#N)c(NC(=O)OC(C)(C)C)nc2ccc(F)cc12. The van der Waals surface area contributed by atoms with E-state index in [0.717, 1.165) is 0 Å². The first-order valence-corrected chi connectivity index (χ1v) is 6.71. The number of amides is 1. The van der Waals surface area contributed by atoms with Crippen molar-refractivity contribution in [2.75, 3.05) is 5.32 Å². The number of hydrogen-bond donors (Lipinski definition) is 1. The van der Waals surface area contributed by atoms with E-state index in [-0.39, 0.29) is 11.4 Å². The monoisotopic (exact) mass is 301 g/mol. The van der Waals surface area contributed by atoms with Gasteiger partial charge >= 0.3 is 6.09 Å². The molecule has 0 spiro atoms. The largest absolute Gasteiger partial charge is 0.444 e. The maximum atomic E-state index is 13.3. The van der Waals surface area contributed by atoms with Gasteiger partial charge in [-0.2, -0.15) is 5.26 Å². The molecule has 2 rings (SSSR count). The lowest BCUT2D eigenvalue weighted by molar-refractivity contribution is 0.0635. The molecule has 2 aromatic rings. The molecule has 5 nitrogen and oxygen atoms in total. The molecular weight excluding hydrogens is 285 g/mol. The van der Waals surface area contributed by atoms with E-state index < -0.39 is 17.5 Å². The van der Waals surface area contributed by atoms with E-state index in [0.29, 0.717) is 16.5 Å². The summed E-state index contributed by atoms with van der Waals surface area (Å²) in [5.41, 5.74) is 0.567. The summed E-state index contributed by atoms with van der Waals surface area (Å²) in [6, 6.07) is 6.08. The number of rotatable bonds is 1. The highest BCUT2D eigenvalue weighted by Gasteiger charge is 2.19. The minimum atomic E-state index is -0.697. The number of nitrogens with one attached hydrogen (secondary N) is 1. The van der Waals surface area contributed by atoms with Crippen LogP contribution in [0.4, 0.5) is 15.0 Å². The number of carbonyl (C=O) groups excluding carboxylic acids is 1. The second kappa shape index (κ2) is 5.60. The van der Waals surface area contributed by atoms with Crippen molar-refractivity contribution in [2.45, 2.75) is 33.3 Å². The third-order valence-electron chi connectivity index (χ3n) is 2.94. The first-order valence-electron chi connectivity index (χ1n) is 6.71. The summed E-state index contributed by atoms with van der Waals surface area (Å²) >= 11 is 0. The fourth-order valence-corrected chi connectivity index (χ4v) is 2.02. The van der Waals surface area contributed by atoms with Crippen LogP contribution in [0.15, 0.2) is 18.2 Å². The van der Waals surface area contributed by atoms with Gasteiger partial charge in [-0.15, -0.1) is 0 Å². The van der Waals surface area contributed by atoms with Crippen molar-refractivity contribution in [2.24, 2.45) is 0 Å². The van der Waals surface area contributed by atoms with Gasteiger partial charge in [0.25, 0.3) is 0 Å². The third-order valence-corrected chi connectivity index (χ3v) is 2.94. The molecule has 6 heteroatoms. The molecule has 0 atom stereocenters. The van der Waals surface area contributed by atoms with Crippen molar-refractivity contribution in [3.05, 3.63) is 35.1 Å². The van der Waals surface area contributed by atoms with E-state index in [9.17, 15) is 14.4 Å². The first kappa shape index (κ1) is 15.7. The van der Waals surface area contributed by atoms with Crippen LogP contribution in [0.25, 0.3) is 10.9 Å². The van der Waals surface area contributed by atoms with Gasteiger partial charge in [-0.1, -0.05) is 0 Å². The average Bonchev–Trinajstić information content (AvgIpc) is 2.38. The fourth-order valence-electron chi connectivity index (χ4n) is 2.02. The number of benzene rings is 1. The van der Waals surface area contributed by atoms with Gasteiger partial charge in [0.2, 0.25) is 0 Å². The Hall–Kier alpha value is -2.68. The summed E-state index contributed by atoms with van der Waals surface area (Å²) in [6.45, 7) is 6.89. The Morgan fingerprint density at radius 2 is 2.09 bits per heavy atom. The zero-order valence-corrected chi connectivity index (χ0v) is 12.8. The van der Waals surface area contributed by atoms with Gasteiger partial charge in [0.05, 0.1) is 11.1 Å². The molecule has 0 fully saturated rings. The number of aromatic nitrogens is 1. The number of halogens is 1. The summed E-state index contributed by atoms with van der Waals surface area (Å²) in [4.78, 5) is 16.1. The Bertz CT molecular complexity index is 789. The van der Waals surface area contributed by atoms with Gasteiger partial charge in [0.15, 0.2) is 5.82 Å². The molecular formula is C16H16FN3O2. The molecule has 0 saturated carbocycles. The smallest absolute Gasteiger partial charge is 0.413 e. The van der Waals surface area contributed by atoms with Crippen LogP contribution in [-0.4, -0.2) is 16.7 Å². The van der Waals surface area contributed by atoms with Crippen LogP contribution in [0, 0.1) is 24.1 Å². The standard InChI is InChI=1S/C16H16FN3O2/c1-9-11-7-10(17)5-6-13(11)19-14(12(9)8-18)20-15(21)22-16(2,3)4/h5-7H,1-4H3,(H,19,20,21). The lowest BCUT2D eigenvalue weighted by Crippen LogP contribution is -2.27. The molecule has 1 amide bonds. The Kier molecular flexibility index (Phi) is 4.00. The predicted molar refractivity (Wildman–Crippen MR) is 81.0 cm³/mol. The van der Waals surface area contributed by atoms with Gasteiger partial charge in [-0.05, 0) is 51.5 Å². The number of carbonyl (C=O) groups is 1. The highest BCUT2D eigenvalue weighted by atomic mass is 19.1. The lowest BCUT2D eigenvalue weighted by Gasteiger charge is -2.20. The quantitative estimate of drug-likeness (QED) is 0.866. The summed E-state index contributed by atoms with van der Waals surface area (Å²) < 4.78 is 18.5. The maximum Gasteiger partial charge on any atom is 0.413 e. The van der Waals surface area contributed by atoms with Crippen LogP contribution in [0.5, 0.6) is 0 Å². The molecule has 0 radical (unpaired) electrons. The summed E-state index contributed by atoms with van der Waals surface area (Å²) in [6.07, 6.45) is -0.697. The van der Waals surface area contributed by atoms with Crippen molar-refractivity contribution in [1.29, 1.82) is 5.26 Å². The number of nitriles is 1. The van der Waals surface area contributed by atoms with Crippen molar-refractivity contribution in [3.8, 4) is 6.07 Å². The highest BCUT2D eigenvalue weighted by molar-refractivity contribution is 5.92. The molecule has 0 aliphatic rings. The van der Waals surface area contributed by atoms with Crippen molar-refractivity contribution in [1.82, 2.24) is 4.98 Å². The molecule has 0 aliphatic heterocycles. The van der Waals surface area contributed by atoms with Crippen LogP contribution in [0.2, 0.25) is 0 Å². The number of ether oxygens (including phenoxy) is 1. The highest BCUT2D eigenvalue weighted by Crippen LogP contribution is 2.26. The molecule has 0 unspecified atom stereocenters. The minimum absolute atomic E-state index is 0.105. The Morgan fingerprint density at radius 3 is 2.68 bits per heavy atom. The Labute approximate surface area is 127 Å². The zero-order chi connectivity index (χ0) is 16.5. The third kappa shape index (κ3) is 3.31. The maximum absolute atomic E-state index is 13.3. The molecule has 1 N–H and O–H groups in total. The molecule has 0 saturated heterocycles. The molecule has 1 heterocycles. The Balaban J connectivity index is 2.48. The lowest BCUT2D eigenvalue weighted by atomic mass is 10.0. The molecule has 22 heavy (non-hydrogen) atoms. The summed E-state index contributed by atoms with van der Waals surface area (Å²) in [7, 11) is 0. The van der Waals surface area contributed by atoms with Crippen LogP contribution in [0.1, 0.15) is 31.9 Å². The number of aryl methyl sites for hydroxylation is 1. The van der Waals surface area contributed by atoms with E-state index in [1.807, 2.05) is 6.07 Å². The van der Waals surface area contributed by atoms with Gasteiger partial charge in [0, 0.05) is 5.39 Å². The number of fused-ring (bicyclic) bond motifs is 1. The average molecular weight is 301 g/mol. The second-order valence-electron chi connectivity index (χ2n) is 5.86. The van der Waals surface area contributed by atoms with Crippen LogP contribution in [0.3, 0.4) is 0 Å². The van der Waals surface area contributed by atoms with E-state index in [1.165, 1.54) is 18.2 Å². The zero-order valence-electron chi connectivity index (χ0n) is 12.8. The van der Waals surface area contributed by atoms with E-state index in [2.05, 4.69) is 10.3 Å². The predicted octanol–water partition coefficient (Wildman–Crippen LogP) is 3.90. The molecule has 114 valence electrons. The topological polar surface area (TPSA) is 75.0 Å². The van der Waals surface area contributed by atoms with Crippen LogP contribution in [-0.2, 0) is 4.74 Å². The number of nitrogens with zero attached hydrogens (tertiary/aromatic N) is 2. The van der Waals surface area contributed by atoms with Gasteiger partial charge in [-0.25, -0.2) is 14.2 Å². The van der Waals surface area contributed by atoms with E-state index >= 15 is 0 Å². The van der Waals surface area contributed by atoms with Crippen molar-refractivity contribution >= 4 is 22.8 Å². The minimum Gasteiger partial charge on any atom is -0.444 e. The first-order chi connectivity index (χ1) is 10.2. The molecule has 1 aromatic carbocycles. The fraction of sp³-hybridized carbons (Fsp3) is 0.312. The summed E-state index contributed by atoms with van der Waals surface area (Å²) in [5.74, 6) is -0.303. The number of anilines is 1. The van der Waals surface area contributed by atoms with Gasteiger partial charge in [-0.3, -0.25) is 5.32 Å².